The summed E-state index contributed by atoms with van der Waals surface area (Å²) in [6.07, 6.45) is 0. The smallest absolute Gasteiger partial charge is 0.236 e. The van der Waals surface area contributed by atoms with E-state index >= 15 is 0 Å². The van der Waals surface area contributed by atoms with Crippen LogP contribution < -0.4 is 5.32 Å². The van der Waals surface area contributed by atoms with Crippen molar-refractivity contribution in [2.75, 3.05) is 5.32 Å². The molecule has 0 saturated carbocycles. The van der Waals surface area contributed by atoms with Gasteiger partial charge in [-0.15, -0.1) is 15.3 Å². The summed E-state index contributed by atoms with van der Waals surface area (Å²) in [7, 11) is 0. The molecule has 2 aromatic carbocycles. The highest BCUT2D eigenvalue weighted by atomic mass is 35.5. The fraction of sp³-hybridized carbons (Fsp3) is 0. The molecule has 22 heavy (non-hydrogen) atoms. The Bertz CT molecular complexity index is 914. The van der Waals surface area contributed by atoms with Crippen LogP contribution in [0.2, 0.25) is 5.02 Å². The van der Waals surface area contributed by atoms with Gasteiger partial charge in [-0.1, -0.05) is 53.3 Å². The van der Waals surface area contributed by atoms with Gasteiger partial charge in [0.05, 0.1) is 0 Å². The quantitative estimate of drug-likeness (QED) is 0.611. The molecule has 0 fully saturated rings. The molecular weight excluding hydrogens is 318 g/mol. The van der Waals surface area contributed by atoms with Crippen molar-refractivity contribution in [1.82, 2.24) is 19.8 Å². The Kier molecular flexibility index (Phi) is 3.25. The lowest BCUT2D eigenvalue weighted by molar-refractivity contribution is 0.970. The molecule has 2 heterocycles. The topological polar surface area (TPSA) is 55.1 Å². The monoisotopic (exact) mass is 327 g/mol. The van der Waals surface area contributed by atoms with Crippen LogP contribution in [0.15, 0.2) is 54.6 Å². The van der Waals surface area contributed by atoms with E-state index in [9.17, 15) is 0 Å². The molecule has 0 bridgehead atoms. The van der Waals surface area contributed by atoms with E-state index in [2.05, 4.69) is 20.6 Å². The number of hydrogen-bond donors (Lipinski definition) is 1. The van der Waals surface area contributed by atoms with E-state index in [4.69, 9.17) is 11.6 Å². The standard InChI is InChI=1S/C15H10ClN5S/c16-11-6-8-12(9-7-11)17-14-20-21-13(18-19-15(21)22-14)10-4-2-1-3-5-10/h1-9H,(H,17,20). The number of benzene rings is 2. The largest absolute Gasteiger partial charge is 0.330 e. The van der Waals surface area contributed by atoms with Crippen LogP contribution in [0.5, 0.6) is 0 Å². The summed E-state index contributed by atoms with van der Waals surface area (Å²) >= 11 is 7.33. The van der Waals surface area contributed by atoms with Gasteiger partial charge in [0.1, 0.15) is 0 Å². The van der Waals surface area contributed by atoms with Gasteiger partial charge in [0, 0.05) is 16.3 Å². The normalized spacial score (nSPS) is 11.0. The van der Waals surface area contributed by atoms with E-state index in [1.54, 1.807) is 4.52 Å². The van der Waals surface area contributed by atoms with Crippen molar-refractivity contribution in [3.05, 3.63) is 59.6 Å². The van der Waals surface area contributed by atoms with Gasteiger partial charge in [-0.25, -0.2) is 0 Å². The minimum atomic E-state index is 0.704. The van der Waals surface area contributed by atoms with Crippen LogP contribution in [0.25, 0.3) is 16.3 Å². The Hall–Kier alpha value is -2.44. The van der Waals surface area contributed by atoms with Crippen LogP contribution in [-0.4, -0.2) is 19.8 Å². The van der Waals surface area contributed by atoms with Crippen molar-refractivity contribution >= 4 is 38.7 Å². The first kappa shape index (κ1) is 13.2. The number of nitrogens with one attached hydrogen (secondary N) is 1. The number of nitrogens with zero attached hydrogens (tertiary/aromatic N) is 4. The first-order valence-corrected chi connectivity index (χ1v) is 7.79. The van der Waals surface area contributed by atoms with E-state index in [0.29, 0.717) is 5.02 Å². The maximum atomic E-state index is 5.89. The second-order valence-electron chi connectivity index (χ2n) is 4.62. The van der Waals surface area contributed by atoms with Crippen molar-refractivity contribution in [3.63, 3.8) is 0 Å². The van der Waals surface area contributed by atoms with E-state index in [0.717, 1.165) is 27.2 Å². The number of fused-ring (bicyclic) bond motifs is 1. The molecule has 0 aliphatic rings. The SMILES string of the molecule is Clc1ccc(Nc2nn3c(-c4ccccc4)nnc3s2)cc1. The Morgan fingerprint density at radius 2 is 1.73 bits per heavy atom. The van der Waals surface area contributed by atoms with Gasteiger partial charge in [-0.05, 0) is 24.3 Å². The molecule has 0 aliphatic carbocycles. The molecule has 4 rings (SSSR count). The summed E-state index contributed by atoms with van der Waals surface area (Å²) in [5.41, 5.74) is 1.91. The van der Waals surface area contributed by atoms with Crippen molar-refractivity contribution in [1.29, 1.82) is 0 Å². The summed E-state index contributed by atoms with van der Waals surface area (Å²) < 4.78 is 1.75. The number of anilines is 2. The first-order chi connectivity index (χ1) is 10.8. The van der Waals surface area contributed by atoms with Gasteiger partial charge in [-0.3, -0.25) is 0 Å². The third-order valence-corrected chi connectivity index (χ3v) is 4.18. The summed E-state index contributed by atoms with van der Waals surface area (Å²) in [4.78, 5) is 0.746. The molecule has 0 unspecified atom stereocenters. The lowest BCUT2D eigenvalue weighted by atomic mass is 10.2. The highest BCUT2D eigenvalue weighted by Crippen LogP contribution is 2.26. The van der Waals surface area contributed by atoms with Crippen molar-refractivity contribution in [3.8, 4) is 11.4 Å². The highest BCUT2D eigenvalue weighted by molar-refractivity contribution is 7.20. The molecule has 0 amide bonds. The summed E-state index contributed by atoms with van der Waals surface area (Å²) in [5, 5.41) is 17.6. The van der Waals surface area contributed by atoms with Gasteiger partial charge in [0.15, 0.2) is 5.82 Å². The van der Waals surface area contributed by atoms with E-state index in [1.165, 1.54) is 11.3 Å². The third kappa shape index (κ3) is 2.43. The predicted molar refractivity (Wildman–Crippen MR) is 88.8 cm³/mol. The van der Waals surface area contributed by atoms with Gasteiger partial charge in [0.25, 0.3) is 0 Å². The molecule has 0 aliphatic heterocycles. The Morgan fingerprint density at radius 1 is 0.955 bits per heavy atom. The minimum Gasteiger partial charge on any atom is -0.330 e. The van der Waals surface area contributed by atoms with Crippen LogP contribution >= 0.6 is 22.9 Å². The van der Waals surface area contributed by atoms with Crippen LogP contribution in [0, 0.1) is 0 Å². The molecule has 7 heteroatoms. The van der Waals surface area contributed by atoms with E-state index in [1.807, 2.05) is 54.6 Å². The van der Waals surface area contributed by atoms with Crippen molar-refractivity contribution < 1.29 is 0 Å². The van der Waals surface area contributed by atoms with E-state index in [-0.39, 0.29) is 0 Å². The average molecular weight is 328 g/mol. The molecule has 0 atom stereocenters. The summed E-state index contributed by atoms with van der Waals surface area (Å²) in [6, 6.07) is 17.4. The fourth-order valence-corrected chi connectivity index (χ4v) is 2.98. The second-order valence-corrected chi connectivity index (χ2v) is 6.02. The second kappa shape index (κ2) is 5.40. The molecule has 108 valence electrons. The zero-order valence-corrected chi connectivity index (χ0v) is 12.8. The molecule has 1 N–H and O–H groups in total. The average Bonchev–Trinajstić information content (AvgIpc) is 3.10. The summed E-state index contributed by atoms with van der Waals surface area (Å²) in [5.74, 6) is 0.732. The van der Waals surface area contributed by atoms with Gasteiger partial charge in [0.2, 0.25) is 10.1 Å². The molecule has 5 nitrogen and oxygen atoms in total. The number of aromatic nitrogens is 4. The first-order valence-electron chi connectivity index (χ1n) is 6.60. The van der Waals surface area contributed by atoms with Gasteiger partial charge < -0.3 is 5.32 Å². The lowest BCUT2D eigenvalue weighted by Gasteiger charge is -2.01. The van der Waals surface area contributed by atoms with E-state index < -0.39 is 0 Å². The number of halogens is 1. The minimum absolute atomic E-state index is 0.704. The molecule has 0 radical (unpaired) electrons. The molecular formula is C15H10ClN5S. The Labute approximate surface area is 135 Å². The van der Waals surface area contributed by atoms with Crippen molar-refractivity contribution in [2.24, 2.45) is 0 Å². The molecule has 0 spiro atoms. The Balaban J connectivity index is 1.70. The number of rotatable bonds is 3. The molecule has 2 aromatic heterocycles. The highest BCUT2D eigenvalue weighted by Gasteiger charge is 2.13. The lowest BCUT2D eigenvalue weighted by Crippen LogP contribution is -1.93. The number of hydrogen-bond acceptors (Lipinski definition) is 5. The Morgan fingerprint density at radius 3 is 2.50 bits per heavy atom. The fourth-order valence-electron chi connectivity index (χ4n) is 2.09. The van der Waals surface area contributed by atoms with Crippen LogP contribution in [-0.2, 0) is 0 Å². The van der Waals surface area contributed by atoms with Gasteiger partial charge >= 0.3 is 0 Å². The maximum Gasteiger partial charge on any atom is 0.236 e. The van der Waals surface area contributed by atoms with Crippen LogP contribution in [0.3, 0.4) is 0 Å². The van der Waals surface area contributed by atoms with Gasteiger partial charge in [-0.2, -0.15) is 4.52 Å². The molecule has 4 aromatic rings. The third-order valence-electron chi connectivity index (χ3n) is 3.12. The van der Waals surface area contributed by atoms with Crippen LogP contribution in [0.1, 0.15) is 0 Å². The maximum absolute atomic E-state index is 5.89. The zero-order chi connectivity index (χ0) is 14.9. The zero-order valence-electron chi connectivity index (χ0n) is 11.3. The van der Waals surface area contributed by atoms with Crippen molar-refractivity contribution in [2.45, 2.75) is 0 Å². The predicted octanol–water partition coefficient (Wildman–Crippen LogP) is 4.25. The van der Waals surface area contributed by atoms with Crippen LogP contribution in [0.4, 0.5) is 10.8 Å². The molecule has 0 saturated heterocycles. The summed E-state index contributed by atoms with van der Waals surface area (Å²) in [6.45, 7) is 0.